The highest BCUT2D eigenvalue weighted by Gasteiger charge is 2.24. The van der Waals surface area contributed by atoms with E-state index >= 15 is 0 Å². The van der Waals surface area contributed by atoms with Crippen molar-refractivity contribution >= 4 is 5.69 Å². The van der Waals surface area contributed by atoms with Crippen LogP contribution in [0.2, 0.25) is 0 Å². The van der Waals surface area contributed by atoms with Gasteiger partial charge in [0.1, 0.15) is 0 Å². The van der Waals surface area contributed by atoms with Crippen LogP contribution in [0.4, 0.5) is 5.69 Å². The minimum absolute atomic E-state index is 0.0945. The Bertz CT molecular complexity index is 802. The molecule has 0 fully saturated rings. The first-order valence-electron chi connectivity index (χ1n) is 8.02. The number of non-ortho nitro benzene ring substituents is 1. The van der Waals surface area contributed by atoms with E-state index in [1.807, 2.05) is 18.2 Å². The van der Waals surface area contributed by atoms with Crippen LogP contribution in [-0.4, -0.2) is 4.92 Å². The summed E-state index contributed by atoms with van der Waals surface area (Å²) in [4.78, 5) is 10.6. The van der Waals surface area contributed by atoms with E-state index in [0.29, 0.717) is 17.9 Å². The molecule has 4 heteroatoms. The fourth-order valence-electron chi connectivity index (χ4n) is 2.85. The Morgan fingerprint density at radius 1 is 1.21 bits per heavy atom. The summed E-state index contributed by atoms with van der Waals surface area (Å²) in [6, 6.07) is 14.9. The Hall–Kier alpha value is -2.67. The van der Waals surface area contributed by atoms with Gasteiger partial charge in [-0.1, -0.05) is 52.0 Å². The van der Waals surface area contributed by atoms with E-state index in [9.17, 15) is 15.4 Å². The van der Waals surface area contributed by atoms with E-state index in [2.05, 4.69) is 39.8 Å². The molecule has 0 aliphatic carbocycles. The van der Waals surface area contributed by atoms with Gasteiger partial charge in [0.25, 0.3) is 5.69 Å². The van der Waals surface area contributed by atoms with E-state index in [1.165, 1.54) is 11.6 Å². The molecular weight excluding hydrogens is 300 g/mol. The Morgan fingerprint density at radius 2 is 1.92 bits per heavy atom. The molecule has 4 nitrogen and oxygen atoms in total. The maximum atomic E-state index is 11.0. The van der Waals surface area contributed by atoms with Crippen molar-refractivity contribution in [3.8, 4) is 6.07 Å². The molecule has 0 radical (unpaired) electrons. The average Bonchev–Trinajstić information content (AvgIpc) is 2.54. The predicted octanol–water partition coefficient (Wildman–Crippen LogP) is 5.11. The quantitative estimate of drug-likeness (QED) is 0.567. The van der Waals surface area contributed by atoms with Crippen LogP contribution in [0.25, 0.3) is 0 Å². The first-order valence-corrected chi connectivity index (χ1v) is 8.02. The van der Waals surface area contributed by atoms with Gasteiger partial charge in [-0.3, -0.25) is 10.1 Å². The van der Waals surface area contributed by atoms with Crippen molar-refractivity contribution in [3.05, 3.63) is 74.8 Å². The summed E-state index contributed by atoms with van der Waals surface area (Å²) in [6.07, 6.45) is 0.650. The Balaban J connectivity index is 2.42. The molecule has 0 aromatic heterocycles. The second kappa shape index (κ2) is 6.84. The molecule has 0 atom stereocenters. The van der Waals surface area contributed by atoms with Crippen LogP contribution in [0.3, 0.4) is 0 Å². The van der Waals surface area contributed by atoms with Crippen LogP contribution in [-0.2, 0) is 11.8 Å². The zero-order chi connectivity index (χ0) is 17.9. The van der Waals surface area contributed by atoms with Crippen molar-refractivity contribution in [2.24, 2.45) is 0 Å². The lowest BCUT2D eigenvalue weighted by Crippen LogP contribution is -2.21. The Kier molecular flexibility index (Phi) is 5.04. The molecule has 2 aromatic rings. The minimum Gasteiger partial charge on any atom is -0.258 e. The van der Waals surface area contributed by atoms with Crippen LogP contribution in [0.5, 0.6) is 0 Å². The molecule has 0 saturated heterocycles. The smallest absolute Gasteiger partial charge is 0.258 e. The molecule has 24 heavy (non-hydrogen) atoms. The molecule has 0 aliphatic rings. The van der Waals surface area contributed by atoms with Crippen molar-refractivity contribution in [1.29, 1.82) is 5.26 Å². The number of benzene rings is 2. The van der Waals surface area contributed by atoms with Crippen molar-refractivity contribution < 1.29 is 4.92 Å². The normalized spacial score (nSPS) is 11.3. The van der Waals surface area contributed by atoms with Crippen molar-refractivity contribution in [2.75, 3.05) is 0 Å². The summed E-state index contributed by atoms with van der Waals surface area (Å²) in [5.74, 6) is 0.386. The van der Waals surface area contributed by atoms with E-state index < -0.39 is 0 Å². The van der Waals surface area contributed by atoms with Gasteiger partial charge in [0, 0.05) is 12.1 Å². The van der Waals surface area contributed by atoms with Gasteiger partial charge in [0.2, 0.25) is 0 Å². The van der Waals surface area contributed by atoms with Crippen molar-refractivity contribution in [1.82, 2.24) is 0 Å². The second-order valence-corrected chi connectivity index (χ2v) is 7.05. The van der Waals surface area contributed by atoms with Gasteiger partial charge >= 0.3 is 0 Å². The summed E-state index contributed by atoms with van der Waals surface area (Å²) < 4.78 is 0. The van der Waals surface area contributed by atoms with Crippen LogP contribution in [0.15, 0.2) is 42.5 Å². The highest BCUT2D eigenvalue weighted by atomic mass is 16.6. The van der Waals surface area contributed by atoms with Crippen LogP contribution >= 0.6 is 0 Å². The minimum atomic E-state index is -0.375. The molecule has 0 spiro atoms. The molecule has 0 unspecified atom stereocenters. The zero-order valence-electron chi connectivity index (χ0n) is 14.5. The molecule has 0 bridgehead atoms. The SMILES string of the molecule is CC(C)c1ccc(C#N)c(CC(C)(C)c2cccc([N+](=O)[O-])c2)c1. The topological polar surface area (TPSA) is 66.9 Å². The van der Waals surface area contributed by atoms with Gasteiger partial charge in [-0.25, -0.2) is 0 Å². The summed E-state index contributed by atoms with van der Waals surface area (Å²) in [5.41, 5.74) is 3.53. The molecule has 2 rings (SSSR count). The number of nitro groups is 1. The number of nitriles is 1. The van der Waals surface area contributed by atoms with E-state index in [4.69, 9.17) is 0 Å². The van der Waals surface area contributed by atoms with Gasteiger partial charge in [-0.15, -0.1) is 0 Å². The summed E-state index contributed by atoms with van der Waals surface area (Å²) in [6.45, 7) is 8.35. The van der Waals surface area contributed by atoms with Crippen molar-refractivity contribution in [3.63, 3.8) is 0 Å². The molecule has 0 amide bonds. The first-order chi connectivity index (χ1) is 11.2. The lowest BCUT2D eigenvalue weighted by molar-refractivity contribution is -0.385. The molecule has 0 heterocycles. The highest BCUT2D eigenvalue weighted by molar-refractivity contribution is 5.44. The molecule has 124 valence electrons. The summed E-state index contributed by atoms with van der Waals surface area (Å²) in [7, 11) is 0. The number of nitro benzene ring substituents is 1. The van der Waals surface area contributed by atoms with E-state index in [0.717, 1.165) is 11.1 Å². The van der Waals surface area contributed by atoms with Crippen LogP contribution in [0, 0.1) is 21.4 Å². The lowest BCUT2D eigenvalue weighted by Gasteiger charge is -2.26. The monoisotopic (exact) mass is 322 g/mol. The lowest BCUT2D eigenvalue weighted by atomic mass is 9.77. The van der Waals surface area contributed by atoms with Gasteiger partial charge in [-0.2, -0.15) is 5.26 Å². The molecule has 0 aliphatic heterocycles. The van der Waals surface area contributed by atoms with E-state index in [-0.39, 0.29) is 16.0 Å². The van der Waals surface area contributed by atoms with Crippen LogP contribution < -0.4 is 0 Å². The third-order valence-electron chi connectivity index (χ3n) is 4.39. The maximum absolute atomic E-state index is 11.0. The number of hydrogen-bond donors (Lipinski definition) is 0. The largest absolute Gasteiger partial charge is 0.269 e. The summed E-state index contributed by atoms with van der Waals surface area (Å²) in [5, 5.41) is 20.4. The molecule has 2 aromatic carbocycles. The van der Waals surface area contributed by atoms with Gasteiger partial charge < -0.3 is 0 Å². The first kappa shape index (κ1) is 17.7. The van der Waals surface area contributed by atoms with Crippen molar-refractivity contribution in [2.45, 2.75) is 45.4 Å². The molecule has 0 N–H and O–H groups in total. The fraction of sp³-hybridized carbons (Fsp3) is 0.350. The average molecular weight is 322 g/mol. The third kappa shape index (κ3) is 3.80. The Labute approximate surface area is 142 Å². The van der Waals surface area contributed by atoms with Gasteiger partial charge in [0.05, 0.1) is 16.6 Å². The van der Waals surface area contributed by atoms with Gasteiger partial charge in [0.15, 0.2) is 0 Å². The maximum Gasteiger partial charge on any atom is 0.269 e. The van der Waals surface area contributed by atoms with Gasteiger partial charge in [-0.05, 0) is 40.5 Å². The zero-order valence-corrected chi connectivity index (χ0v) is 14.5. The van der Waals surface area contributed by atoms with Crippen LogP contribution in [0.1, 0.15) is 55.9 Å². The third-order valence-corrected chi connectivity index (χ3v) is 4.39. The highest BCUT2D eigenvalue weighted by Crippen LogP contribution is 2.32. The summed E-state index contributed by atoms with van der Waals surface area (Å²) >= 11 is 0. The number of nitrogens with zero attached hydrogens (tertiary/aromatic N) is 2. The predicted molar refractivity (Wildman–Crippen MR) is 95.1 cm³/mol. The fourth-order valence-corrected chi connectivity index (χ4v) is 2.85. The molecular formula is C20H22N2O2. The standard InChI is InChI=1S/C20H22N2O2/c1-14(2)15-8-9-16(13-21)17(10-15)12-20(3,4)18-6-5-7-19(11-18)22(23)24/h5-11,14H,12H2,1-4H3. The second-order valence-electron chi connectivity index (χ2n) is 7.05. The van der Waals surface area contributed by atoms with E-state index in [1.54, 1.807) is 12.1 Å². The number of hydrogen-bond acceptors (Lipinski definition) is 3. The molecule has 0 saturated carbocycles. The number of rotatable bonds is 5. The Morgan fingerprint density at radius 3 is 2.50 bits per heavy atom.